The number of rotatable bonds is 4. The zero-order chi connectivity index (χ0) is 16.4. The second-order valence-corrected chi connectivity index (χ2v) is 5.40. The number of carboxylic acids is 1. The molecule has 0 aliphatic heterocycles. The molecule has 0 saturated carbocycles. The van der Waals surface area contributed by atoms with Crippen LogP contribution in [0.1, 0.15) is 15.9 Å². The standard InChI is InChI=1S/C15H12F3NO2S/c1-7-5-8(22-2)3-4-11(7)19-14-9(15(20)21)6-10(16)12(17)13(14)18/h3-6,19H,1-2H3,(H,20,21). The van der Waals surface area contributed by atoms with Crippen molar-refractivity contribution in [3.8, 4) is 0 Å². The predicted octanol–water partition coefficient (Wildman–Crippen LogP) is 4.58. The van der Waals surface area contributed by atoms with Gasteiger partial charge < -0.3 is 10.4 Å². The molecule has 7 heteroatoms. The normalized spacial score (nSPS) is 10.6. The Balaban J connectivity index is 2.53. The summed E-state index contributed by atoms with van der Waals surface area (Å²) in [6, 6.07) is 5.63. The lowest BCUT2D eigenvalue weighted by atomic mass is 10.1. The summed E-state index contributed by atoms with van der Waals surface area (Å²) in [5.41, 5.74) is -0.159. The van der Waals surface area contributed by atoms with Crippen molar-refractivity contribution in [1.82, 2.24) is 0 Å². The summed E-state index contributed by atoms with van der Waals surface area (Å²) >= 11 is 1.51. The number of nitrogens with one attached hydrogen (secondary N) is 1. The van der Waals surface area contributed by atoms with Crippen LogP contribution < -0.4 is 5.32 Å². The molecule has 0 aromatic heterocycles. The fourth-order valence-electron chi connectivity index (χ4n) is 1.92. The van der Waals surface area contributed by atoms with Gasteiger partial charge in [-0.05, 0) is 43.0 Å². The number of carbonyl (C=O) groups is 1. The molecular weight excluding hydrogens is 315 g/mol. The molecule has 0 bridgehead atoms. The van der Waals surface area contributed by atoms with Crippen molar-refractivity contribution in [2.75, 3.05) is 11.6 Å². The number of benzene rings is 2. The lowest BCUT2D eigenvalue weighted by Crippen LogP contribution is -2.09. The molecule has 0 amide bonds. The fraction of sp³-hybridized carbons (Fsp3) is 0.133. The van der Waals surface area contributed by atoms with Gasteiger partial charge in [0.05, 0.1) is 11.3 Å². The van der Waals surface area contributed by atoms with Crippen molar-refractivity contribution >= 4 is 29.1 Å². The molecule has 116 valence electrons. The summed E-state index contributed by atoms with van der Waals surface area (Å²) in [5.74, 6) is -6.38. The summed E-state index contributed by atoms with van der Waals surface area (Å²) in [7, 11) is 0. The van der Waals surface area contributed by atoms with Crippen LogP contribution in [-0.4, -0.2) is 17.3 Å². The molecule has 2 rings (SSSR count). The molecule has 0 radical (unpaired) electrons. The maximum absolute atomic E-state index is 13.9. The van der Waals surface area contributed by atoms with E-state index < -0.39 is 34.7 Å². The van der Waals surface area contributed by atoms with Gasteiger partial charge in [0.2, 0.25) is 0 Å². The van der Waals surface area contributed by atoms with E-state index >= 15 is 0 Å². The predicted molar refractivity (Wildman–Crippen MR) is 79.5 cm³/mol. The molecule has 2 N–H and O–H groups in total. The molecule has 0 heterocycles. The average Bonchev–Trinajstić information content (AvgIpc) is 2.48. The van der Waals surface area contributed by atoms with E-state index in [0.717, 1.165) is 4.90 Å². The highest BCUT2D eigenvalue weighted by Gasteiger charge is 2.23. The van der Waals surface area contributed by atoms with Crippen LogP contribution in [0.4, 0.5) is 24.5 Å². The van der Waals surface area contributed by atoms with E-state index in [4.69, 9.17) is 5.11 Å². The third kappa shape index (κ3) is 3.04. The van der Waals surface area contributed by atoms with Crippen LogP contribution in [-0.2, 0) is 0 Å². The van der Waals surface area contributed by atoms with Gasteiger partial charge in [-0.15, -0.1) is 11.8 Å². The minimum absolute atomic E-state index is 0.408. The van der Waals surface area contributed by atoms with Gasteiger partial charge in [0.1, 0.15) is 0 Å². The quantitative estimate of drug-likeness (QED) is 0.638. The van der Waals surface area contributed by atoms with Crippen molar-refractivity contribution in [2.45, 2.75) is 11.8 Å². The second kappa shape index (κ2) is 6.31. The lowest BCUT2D eigenvalue weighted by molar-refractivity contribution is 0.0696. The zero-order valence-electron chi connectivity index (χ0n) is 11.7. The first kappa shape index (κ1) is 16.2. The Bertz CT molecular complexity index is 750. The van der Waals surface area contributed by atoms with Gasteiger partial charge in [-0.3, -0.25) is 0 Å². The summed E-state index contributed by atoms with van der Waals surface area (Å²) < 4.78 is 40.5. The maximum atomic E-state index is 13.9. The Morgan fingerprint density at radius 2 is 1.86 bits per heavy atom. The number of halogens is 3. The number of aromatic carboxylic acids is 1. The largest absolute Gasteiger partial charge is 0.478 e. The first-order valence-corrected chi connectivity index (χ1v) is 7.40. The van der Waals surface area contributed by atoms with Gasteiger partial charge in [-0.2, -0.15) is 0 Å². The number of hydrogen-bond acceptors (Lipinski definition) is 3. The summed E-state index contributed by atoms with van der Waals surface area (Å²) in [5, 5.41) is 11.6. The van der Waals surface area contributed by atoms with Crippen molar-refractivity contribution in [2.24, 2.45) is 0 Å². The number of carboxylic acid groups (broad SMARTS) is 1. The van der Waals surface area contributed by atoms with Gasteiger partial charge in [-0.1, -0.05) is 0 Å². The molecule has 22 heavy (non-hydrogen) atoms. The van der Waals surface area contributed by atoms with Gasteiger partial charge in [0.25, 0.3) is 0 Å². The Hall–Kier alpha value is -2.15. The Labute approximate surface area is 129 Å². The molecule has 0 spiro atoms. The van der Waals surface area contributed by atoms with E-state index in [1.807, 2.05) is 12.3 Å². The number of hydrogen-bond donors (Lipinski definition) is 2. The van der Waals surface area contributed by atoms with E-state index in [1.54, 1.807) is 19.1 Å². The monoisotopic (exact) mass is 327 g/mol. The second-order valence-electron chi connectivity index (χ2n) is 4.52. The summed E-state index contributed by atoms with van der Waals surface area (Å²) in [6.07, 6.45) is 1.89. The van der Waals surface area contributed by atoms with E-state index in [1.165, 1.54) is 11.8 Å². The van der Waals surface area contributed by atoms with E-state index in [2.05, 4.69) is 5.32 Å². The summed E-state index contributed by atoms with van der Waals surface area (Å²) in [6.45, 7) is 1.74. The molecule has 0 aliphatic carbocycles. The smallest absolute Gasteiger partial charge is 0.338 e. The number of thioether (sulfide) groups is 1. The molecular formula is C15H12F3NO2S. The summed E-state index contributed by atoms with van der Waals surface area (Å²) in [4.78, 5) is 12.1. The Kier molecular flexibility index (Phi) is 4.65. The van der Waals surface area contributed by atoms with Crippen molar-refractivity contribution in [1.29, 1.82) is 0 Å². The lowest BCUT2D eigenvalue weighted by Gasteiger charge is -2.14. The van der Waals surface area contributed by atoms with Crippen LogP contribution >= 0.6 is 11.8 Å². The minimum atomic E-state index is -1.72. The minimum Gasteiger partial charge on any atom is -0.478 e. The van der Waals surface area contributed by atoms with Gasteiger partial charge in [0, 0.05) is 10.6 Å². The topological polar surface area (TPSA) is 49.3 Å². The SMILES string of the molecule is CSc1ccc(Nc2c(C(=O)O)cc(F)c(F)c2F)c(C)c1. The van der Waals surface area contributed by atoms with Gasteiger partial charge >= 0.3 is 5.97 Å². The third-order valence-electron chi connectivity index (χ3n) is 3.09. The van der Waals surface area contributed by atoms with Crippen molar-refractivity contribution < 1.29 is 23.1 Å². The maximum Gasteiger partial charge on any atom is 0.338 e. The Morgan fingerprint density at radius 3 is 2.41 bits per heavy atom. The first-order valence-electron chi connectivity index (χ1n) is 6.17. The van der Waals surface area contributed by atoms with Gasteiger partial charge in [0.15, 0.2) is 17.5 Å². The van der Waals surface area contributed by atoms with Crippen LogP contribution in [0.25, 0.3) is 0 Å². The van der Waals surface area contributed by atoms with Crippen LogP contribution in [0, 0.1) is 24.4 Å². The molecule has 0 aliphatic rings. The van der Waals surface area contributed by atoms with Crippen molar-refractivity contribution in [3.05, 3.63) is 52.8 Å². The van der Waals surface area contributed by atoms with Crippen LogP contribution in [0.5, 0.6) is 0 Å². The highest BCUT2D eigenvalue weighted by atomic mass is 32.2. The van der Waals surface area contributed by atoms with Gasteiger partial charge in [-0.25, -0.2) is 18.0 Å². The molecule has 2 aromatic carbocycles. The molecule has 0 atom stereocenters. The highest BCUT2D eigenvalue weighted by molar-refractivity contribution is 7.98. The molecule has 0 unspecified atom stereocenters. The van der Waals surface area contributed by atoms with Crippen LogP contribution in [0.3, 0.4) is 0 Å². The zero-order valence-corrected chi connectivity index (χ0v) is 12.5. The van der Waals surface area contributed by atoms with Crippen LogP contribution in [0.15, 0.2) is 29.2 Å². The number of aryl methyl sites for hydroxylation is 1. The van der Waals surface area contributed by atoms with E-state index in [0.29, 0.717) is 17.3 Å². The van der Waals surface area contributed by atoms with Crippen molar-refractivity contribution in [3.63, 3.8) is 0 Å². The Morgan fingerprint density at radius 1 is 1.18 bits per heavy atom. The molecule has 0 fully saturated rings. The van der Waals surface area contributed by atoms with E-state index in [9.17, 15) is 18.0 Å². The molecule has 3 nitrogen and oxygen atoms in total. The third-order valence-corrected chi connectivity index (χ3v) is 3.81. The highest BCUT2D eigenvalue weighted by Crippen LogP contribution is 2.31. The van der Waals surface area contributed by atoms with E-state index in [-0.39, 0.29) is 0 Å². The van der Waals surface area contributed by atoms with Crippen LogP contribution in [0.2, 0.25) is 0 Å². The number of anilines is 2. The first-order chi connectivity index (χ1) is 10.3. The molecule has 0 saturated heterocycles. The fourth-order valence-corrected chi connectivity index (χ4v) is 2.42. The average molecular weight is 327 g/mol. The molecule has 2 aromatic rings.